The van der Waals surface area contributed by atoms with Gasteiger partial charge in [-0.3, -0.25) is 0 Å². The van der Waals surface area contributed by atoms with Gasteiger partial charge in [-0.05, 0) is 36.7 Å². The van der Waals surface area contributed by atoms with Crippen LogP contribution in [0, 0.1) is 11.3 Å². The number of rotatable bonds is 6. The summed E-state index contributed by atoms with van der Waals surface area (Å²) in [4.78, 5) is 0. The van der Waals surface area contributed by atoms with Crippen molar-refractivity contribution in [1.29, 1.82) is 0 Å². The van der Waals surface area contributed by atoms with Gasteiger partial charge in [0.15, 0.2) is 0 Å². The maximum absolute atomic E-state index is 6.16. The van der Waals surface area contributed by atoms with Crippen LogP contribution in [-0.4, -0.2) is 12.1 Å². The van der Waals surface area contributed by atoms with Crippen LogP contribution in [0.15, 0.2) is 16.7 Å². The summed E-state index contributed by atoms with van der Waals surface area (Å²) in [6.45, 7) is 12.8. The lowest BCUT2D eigenvalue weighted by Crippen LogP contribution is -2.32. The van der Waals surface area contributed by atoms with Gasteiger partial charge in [0, 0.05) is 18.2 Å². The minimum atomic E-state index is 0.361. The van der Waals surface area contributed by atoms with E-state index in [4.69, 9.17) is 9.15 Å². The van der Waals surface area contributed by atoms with E-state index in [1.54, 1.807) is 6.26 Å². The second kappa shape index (κ2) is 6.97. The lowest BCUT2D eigenvalue weighted by atomic mass is 9.71. The first-order chi connectivity index (χ1) is 9.85. The summed E-state index contributed by atoms with van der Waals surface area (Å²) in [6.07, 6.45) is 5.75. The van der Waals surface area contributed by atoms with Crippen molar-refractivity contribution < 1.29 is 9.15 Å². The van der Waals surface area contributed by atoms with Crippen molar-refractivity contribution in [3.8, 4) is 0 Å². The maximum Gasteiger partial charge on any atom is 0.133 e. The first-order valence-corrected chi connectivity index (χ1v) is 8.26. The molecule has 0 spiro atoms. The lowest BCUT2D eigenvalue weighted by Gasteiger charge is -2.38. The summed E-state index contributed by atoms with van der Waals surface area (Å²) < 4.78 is 11.8. The van der Waals surface area contributed by atoms with Crippen LogP contribution in [-0.2, 0) is 17.9 Å². The molecule has 1 saturated carbocycles. The molecule has 1 fully saturated rings. The highest BCUT2D eigenvalue weighted by atomic mass is 16.5. The van der Waals surface area contributed by atoms with Crippen molar-refractivity contribution in [2.75, 3.05) is 0 Å². The molecule has 0 saturated heterocycles. The Morgan fingerprint density at radius 3 is 2.81 bits per heavy atom. The molecule has 0 aliphatic heterocycles. The van der Waals surface area contributed by atoms with E-state index in [-0.39, 0.29) is 0 Å². The lowest BCUT2D eigenvalue weighted by molar-refractivity contribution is -0.0371. The van der Waals surface area contributed by atoms with Crippen LogP contribution < -0.4 is 5.32 Å². The SMILES string of the molecule is CC1CC(OCc2occc2CNC(C)C)CC(C)(C)C1. The zero-order chi connectivity index (χ0) is 15.5. The summed E-state index contributed by atoms with van der Waals surface area (Å²) in [7, 11) is 0. The Morgan fingerprint density at radius 1 is 1.38 bits per heavy atom. The van der Waals surface area contributed by atoms with Crippen molar-refractivity contribution in [2.45, 2.75) is 79.2 Å². The second-order valence-corrected chi connectivity index (χ2v) is 7.75. The molecule has 1 aliphatic carbocycles. The molecule has 0 amide bonds. The van der Waals surface area contributed by atoms with Gasteiger partial charge in [0.2, 0.25) is 0 Å². The highest BCUT2D eigenvalue weighted by molar-refractivity contribution is 5.16. The van der Waals surface area contributed by atoms with Gasteiger partial charge >= 0.3 is 0 Å². The third-order valence-corrected chi connectivity index (χ3v) is 4.34. The van der Waals surface area contributed by atoms with Crippen molar-refractivity contribution in [1.82, 2.24) is 5.32 Å². The van der Waals surface area contributed by atoms with E-state index in [0.29, 0.717) is 24.2 Å². The predicted molar refractivity (Wildman–Crippen MR) is 86.1 cm³/mol. The third kappa shape index (κ3) is 5.15. The molecule has 2 unspecified atom stereocenters. The topological polar surface area (TPSA) is 34.4 Å². The van der Waals surface area contributed by atoms with Crippen LogP contribution >= 0.6 is 0 Å². The van der Waals surface area contributed by atoms with Crippen molar-refractivity contribution in [3.63, 3.8) is 0 Å². The van der Waals surface area contributed by atoms with E-state index in [2.05, 4.69) is 39.9 Å². The van der Waals surface area contributed by atoms with E-state index in [0.717, 1.165) is 24.6 Å². The number of ether oxygens (including phenoxy) is 1. The van der Waals surface area contributed by atoms with Crippen LogP contribution in [0.5, 0.6) is 0 Å². The number of hydrogen-bond donors (Lipinski definition) is 1. The molecule has 0 radical (unpaired) electrons. The predicted octanol–water partition coefficient (Wildman–Crippen LogP) is 4.51. The minimum absolute atomic E-state index is 0.361. The van der Waals surface area contributed by atoms with Gasteiger partial charge in [0.25, 0.3) is 0 Å². The Hall–Kier alpha value is -0.800. The minimum Gasteiger partial charge on any atom is -0.467 e. The maximum atomic E-state index is 6.16. The standard InChI is InChI=1S/C18H31NO2/c1-13(2)19-11-15-6-7-20-17(15)12-21-16-8-14(3)9-18(4,5)10-16/h6-7,13-14,16,19H,8-12H2,1-5H3. The largest absolute Gasteiger partial charge is 0.467 e. The fraction of sp³-hybridized carbons (Fsp3) is 0.778. The molecule has 0 bridgehead atoms. The van der Waals surface area contributed by atoms with Crippen LogP contribution in [0.4, 0.5) is 0 Å². The molecular weight excluding hydrogens is 262 g/mol. The Labute approximate surface area is 129 Å². The molecule has 21 heavy (non-hydrogen) atoms. The summed E-state index contributed by atoms with van der Waals surface area (Å²) in [5.74, 6) is 1.72. The Kier molecular flexibility index (Phi) is 5.50. The number of nitrogens with one attached hydrogen (secondary N) is 1. The summed E-state index contributed by atoms with van der Waals surface area (Å²) >= 11 is 0. The molecule has 1 heterocycles. The molecule has 3 nitrogen and oxygen atoms in total. The molecule has 1 N–H and O–H groups in total. The van der Waals surface area contributed by atoms with Crippen molar-refractivity contribution >= 4 is 0 Å². The fourth-order valence-corrected chi connectivity index (χ4v) is 3.54. The van der Waals surface area contributed by atoms with Gasteiger partial charge in [-0.1, -0.05) is 34.6 Å². The van der Waals surface area contributed by atoms with E-state index in [9.17, 15) is 0 Å². The third-order valence-electron chi connectivity index (χ3n) is 4.34. The highest BCUT2D eigenvalue weighted by Gasteiger charge is 2.32. The number of hydrogen-bond acceptors (Lipinski definition) is 3. The van der Waals surface area contributed by atoms with Crippen LogP contribution in [0.25, 0.3) is 0 Å². The molecule has 2 rings (SSSR count). The van der Waals surface area contributed by atoms with Gasteiger partial charge in [-0.15, -0.1) is 0 Å². The van der Waals surface area contributed by atoms with E-state index >= 15 is 0 Å². The van der Waals surface area contributed by atoms with Crippen LogP contribution in [0.2, 0.25) is 0 Å². The van der Waals surface area contributed by atoms with Gasteiger partial charge < -0.3 is 14.5 Å². The average molecular weight is 293 g/mol. The van der Waals surface area contributed by atoms with Crippen LogP contribution in [0.3, 0.4) is 0 Å². The summed E-state index contributed by atoms with van der Waals surface area (Å²) in [5.41, 5.74) is 1.61. The Morgan fingerprint density at radius 2 is 2.14 bits per heavy atom. The summed E-state index contributed by atoms with van der Waals surface area (Å²) in [5, 5.41) is 3.43. The molecule has 0 aromatic carbocycles. The average Bonchev–Trinajstić information content (AvgIpc) is 2.78. The number of furan rings is 1. The Bertz CT molecular complexity index is 436. The zero-order valence-corrected chi connectivity index (χ0v) is 14.2. The van der Waals surface area contributed by atoms with Crippen molar-refractivity contribution in [2.24, 2.45) is 11.3 Å². The highest BCUT2D eigenvalue weighted by Crippen LogP contribution is 2.39. The van der Waals surface area contributed by atoms with Crippen molar-refractivity contribution in [3.05, 3.63) is 23.7 Å². The van der Waals surface area contributed by atoms with Gasteiger partial charge in [0.1, 0.15) is 12.4 Å². The molecule has 1 aromatic heterocycles. The van der Waals surface area contributed by atoms with E-state index < -0.39 is 0 Å². The first-order valence-electron chi connectivity index (χ1n) is 8.26. The van der Waals surface area contributed by atoms with Gasteiger partial charge in [-0.2, -0.15) is 0 Å². The molecule has 3 heteroatoms. The molecule has 1 aromatic rings. The van der Waals surface area contributed by atoms with Gasteiger partial charge in [-0.25, -0.2) is 0 Å². The monoisotopic (exact) mass is 293 g/mol. The van der Waals surface area contributed by atoms with E-state index in [1.165, 1.54) is 18.4 Å². The molecular formula is C18H31NO2. The van der Waals surface area contributed by atoms with Crippen LogP contribution in [0.1, 0.15) is 65.2 Å². The first kappa shape index (κ1) is 16.6. The quantitative estimate of drug-likeness (QED) is 0.838. The fourth-order valence-electron chi connectivity index (χ4n) is 3.54. The molecule has 2 atom stereocenters. The Balaban J connectivity index is 1.87. The molecule has 1 aliphatic rings. The second-order valence-electron chi connectivity index (χ2n) is 7.75. The van der Waals surface area contributed by atoms with Gasteiger partial charge in [0.05, 0.1) is 12.4 Å². The summed E-state index contributed by atoms with van der Waals surface area (Å²) in [6, 6.07) is 2.52. The normalized spacial score (nSPS) is 25.4. The smallest absolute Gasteiger partial charge is 0.133 e. The zero-order valence-electron chi connectivity index (χ0n) is 14.2. The molecule has 120 valence electrons. The van der Waals surface area contributed by atoms with E-state index in [1.807, 2.05) is 6.07 Å².